The van der Waals surface area contributed by atoms with Gasteiger partial charge in [0, 0.05) is 12.0 Å². The third-order valence-corrected chi connectivity index (χ3v) is 2.53. The van der Waals surface area contributed by atoms with Crippen molar-refractivity contribution in [2.24, 2.45) is 0 Å². The molecule has 0 fully saturated rings. The molecule has 0 spiro atoms. The Hall–Kier alpha value is -1.22. The minimum atomic E-state index is 0.339. The zero-order valence-corrected chi connectivity index (χ0v) is 8.45. The van der Waals surface area contributed by atoms with Crippen LogP contribution in [0.2, 0.25) is 0 Å². The molecule has 0 amide bonds. The maximum absolute atomic E-state index is 5.51. The smallest absolute Gasteiger partial charge is 0.161 e. The molecule has 0 unspecified atom stereocenters. The number of rotatable bonds is 2. The summed E-state index contributed by atoms with van der Waals surface area (Å²) < 4.78 is 11.0. The van der Waals surface area contributed by atoms with Crippen LogP contribution in [0.3, 0.4) is 0 Å². The molecule has 0 saturated carbocycles. The van der Waals surface area contributed by atoms with Crippen molar-refractivity contribution in [3.8, 4) is 11.5 Å². The Morgan fingerprint density at radius 2 is 2.00 bits per heavy atom. The van der Waals surface area contributed by atoms with Gasteiger partial charge >= 0.3 is 0 Å². The van der Waals surface area contributed by atoms with Crippen molar-refractivity contribution in [2.45, 2.75) is 19.4 Å². The molecule has 1 aromatic rings. The largest absolute Gasteiger partial charge is 0.486 e. The van der Waals surface area contributed by atoms with Crippen molar-refractivity contribution in [2.75, 3.05) is 13.2 Å². The molecule has 1 aliphatic heterocycles. The first kappa shape index (κ1) is 9.34. The number of benzene rings is 1. The lowest BCUT2D eigenvalue weighted by molar-refractivity contribution is -0.427. The molecule has 0 bridgehead atoms. The molecule has 14 heavy (non-hydrogen) atoms. The summed E-state index contributed by atoms with van der Waals surface area (Å²) >= 11 is 0. The molecule has 76 valence electrons. The van der Waals surface area contributed by atoms with Gasteiger partial charge in [-0.1, -0.05) is 6.92 Å². The van der Waals surface area contributed by atoms with E-state index in [0.717, 1.165) is 17.9 Å². The quantitative estimate of drug-likeness (QED) is 0.767. The lowest BCUT2D eigenvalue weighted by Crippen LogP contribution is -2.53. The van der Waals surface area contributed by atoms with Crippen LogP contribution in [-0.4, -0.2) is 13.2 Å². The molecule has 3 heteroatoms. The molecule has 1 aromatic carbocycles. The second-order valence-corrected chi connectivity index (χ2v) is 3.51. The second-order valence-electron chi connectivity index (χ2n) is 3.51. The predicted molar refractivity (Wildman–Crippen MR) is 53.4 cm³/mol. The third-order valence-electron chi connectivity index (χ3n) is 2.53. The summed E-state index contributed by atoms with van der Waals surface area (Å²) in [6, 6.07) is 6.41. The molecule has 3 nitrogen and oxygen atoms in total. The normalized spacial score (nSPS) is 16.4. The van der Waals surface area contributed by atoms with E-state index in [-0.39, 0.29) is 0 Å². The Morgan fingerprint density at radius 3 is 2.71 bits per heavy atom. The zero-order chi connectivity index (χ0) is 9.97. The molecule has 1 atom stereocenters. The van der Waals surface area contributed by atoms with Gasteiger partial charge in [0.1, 0.15) is 19.3 Å². The summed E-state index contributed by atoms with van der Waals surface area (Å²) in [7, 11) is 0. The first-order chi connectivity index (χ1) is 6.81. The highest BCUT2D eigenvalue weighted by molar-refractivity contribution is 5.44. The van der Waals surface area contributed by atoms with Gasteiger partial charge in [-0.2, -0.15) is 0 Å². The minimum Gasteiger partial charge on any atom is -0.486 e. The summed E-state index contributed by atoms with van der Waals surface area (Å²) in [5.74, 6) is 1.71. The average Bonchev–Trinajstić information content (AvgIpc) is 2.27. The van der Waals surface area contributed by atoms with E-state index in [1.807, 2.05) is 12.1 Å². The van der Waals surface area contributed by atoms with E-state index in [1.165, 1.54) is 5.56 Å². The van der Waals surface area contributed by atoms with Crippen molar-refractivity contribution in [1.82, 2.24) is 0 Å². The molecule has 1 heterocycles. The van der Waals surface area contributed by atoms with E-state index in [0.29, 0.717) is 19.3 Å². The van der Waals surface area contributed by atoms with Gasteiger partial charge in [0.05, 0.1) is 0 Å². The highest BCUT2D eigenvalue weighted by atomic mass is 16.6. The topological polar surface area (TPSA) is 46.1 Å². The van der Waals surface area contributed by atoms with Gasteiger partial charge < -0.3 is 15.2 Å². The van der Waals surface area contributed by atoms with E-state index in [4.69, 9.17) is 9.47 Å². The van der Waals surface area contributed by atoms with Crippen molar-refractivity contribution < 1.29 is 15.2 Å². The third kappa shape index (κ3) is 1.68. The number of hydrogen-bond donors (Lipinski definition) is 1. The maximum atomic E-state index is 5.51. The first-order valence-electron chi connectivity index (χ1n) is 5.04. The van der Waals surface area contributed by atoms with E-state index >= 15 is 0 Å². The Balaban J connectivity index is 2.29. The van der Waals surface area contributed by atoms with Gasteiger partial charge in [0.2, 0.25) is 0 Å². The average molecular weight is 194 g/mol. The van der Waals surface area contributed by atoms with Crippen LogP contribution in [-0.2, 0) is 0 Å². The van der Waals surface area contributed by atoms with Gasteiger partial charge in [-0.3, -0.25) is 0 Å². The summed E-state index contributed by atoms with van der Waals surface area (Å²) in [5, 5.41) is 0. The van der Waals surface area contributed by atoms with E-state index in [1.54, 1.807) is 0 Å². The van der Waals surface area contributed by atoms with Crippen LogP contribution in [0.15, 0.2) is 18.2 Å². The van der Waals surface area contributed by atoms with Crippen LogP contribution in [0.25, 0.3) is 0 Å². The molecule has 3 N–H and O–H groups in total. The Bertz CT molecular complexity index is 325. The minimum absolute atomic E-state index is 0.339. The van der Waals surface area contributed by atoms with Crippen LogP contribution in [0.5, 0.6) is 11.5 Å². The van der Waals surface area contributed by atoms with E-state index < -0.39 is 0 Å². The van der Waals surface area contributed by atoms with Crippen LogP contribution in [0.1, 0.15) is 24.9 Å². The zero-order valence-electron chi connectivity index (χ0n) is 8.45. The van der Waals surface area contributed by atoms with Crippen LogP contribution < -0.4 is 15.2 Å². The second kappa shape index (κ2) is 3.88. The molecular formula is C11H16NO2+. The Kier molecular flexibility index (Phi) is 2.59. The fourth-order valence-electron chi connectivity index (χ4n) is 1.55. The summed E-state index contributed by atoms with van der Waals surface area (Å²) in [6.45, 7) is 3.42. The summed E-state index contributed by atoms with van der Waals surface area (Å²) in [6.07, 6.45) is 1.04. The lowest BCUT2D eigenvalue weighted by atomic mass is 10.0. The van der Waals surface area contributed by atoms with Gasteiger partial charge in [-0.15, -0.1) is 0 Å². The van der Waals surface area contributed by atoms with Crippen LogP contribution >= 0.6 is 0 Å². The number of fused-ring (bicyclic) bond motifs is 1. The van der Waals surface area contributed by atoms with Crippen LogP contribution in [0.4, 0.5) is 0 Å². The predicted octanol–water partition coefficient (Wildman–Crippen LogP) is 1.15. The van der Waals surface area contributed by atoms with Crippen LogP contribution in [0, 0.1) is 0 Å². The number of quaternary nitrogens is 1. The highest BCUT2D eigenvalue weighted by Gasteiger charge is 2.14. The lowest BCUT2D eigenvalue weighted by Gasteiger charge is -2.19. The fourth-order valence-corrected chi connectivity index (χ4v) is 1.55. The van der Waals surface area contributed by atoms with Crippen molar-refractivity contribution in [3.63, 3.8) is 0 Å². The number of ether oxygens (including phenoxy) is 2. The fraction of sp³-hybridized carbons (Fsp3) is 0.455. The standard InChI is InChI=1S/C11H15NO2/c1-2-9(12)8-3-4-10-11(7-8)14-6-5-13-10/h3-4,7,9H,2,5-6,12H2,1H3/p+1/t9-/m0/s1. The van der Waals surface area contributed by atoms with Gasteiger partial charge in [-0.25, -0.2) is 0 Å². The highest BCUT2D eigenvalue weighted by Crippen LogP contribution is 2.32. The van der Waals surface area contributed by atoms with Crippen molar-refractivity contribution in [3.05, 3.63) is 23.8 Å². The molecule has 0 saturated heterocycles. The first-order valence-corrected chi connectivity index (χ1v) is 5.04. The summed E-state index contributed by atoms with van der Waals surface area (Å²) in [4.78, 5) is 0. The molecule has 0 aromatic heterocycles. The van der Waals surface area contributed by atoms with Gasteiger partial charge in [0.25, 0.3) is 0 Å². The van der Waals surface area contributed by atoms with Gasteiger partial charge in [0.15, 0.2) is 11.5 Å². The molecule has 1 aliphatic rings. The Morgan fingerprint density at radius 1 is 1.29 bits per heavy atom. The molecular weight excluding hydrogens is 178 g/mol. The SMILES string of the molecule is CC[C@H]([NH3+])c1ccc2c(c1)OCCO2. The van der Waals surface area contributed by atoms with Crippen molar-refractivity contribution >= 4 is 0 Å². The van der Waals surface area contributed by atoms with E-state index in [2.05, 4.69) is 18.7 Å². The van der Waals surface area contributed by atoms with Gasteiger partial charge in [-0.05, 0) is 18.2 Å². The Labute approximate surface area is 83.8 Å². The monoisotopic (exact) mass is 194 g/mol. The molecule has 2 rings (SSSR count). The maximum Gasteiger partial charge on any atom is 0.161 e. The number of hydrogen-bond acceptors (Lipinski definition) is 2. The van der Waals surface area contributed by atoms with E-state index in [9.17, 15) is 0 Å². The van der Waals surface area contributed by atoms with Crippen molar-refractivity contribution in [1.29, 1.82) is 0 Å². The molecule has 0 aliphatic carbocycles. The molecule has 0 radical (unpaired) electrons. The summed E-state index contributed by atoms with van der Waals surface area (Å²) in [5.41, 5.74) is 5.30.